The summed E-state index contributed by atoms with van der Waals surface area (Å²) in [5.74, 6) is 0. The van der Waals surface area contributed by atoms with Crippen LogP contribution in [-0.4, -0.2) is 11.5 Å². The van der Waals surface area contributed by atoms with E-state index in [4.69, 9.17) is 5.73 Å². The van der Waals surface area contributed by atoms with Crippen LogP contribution in [0.2, 0.25) is 0 Å². The minimum Gasteiger partial charge on any atom is -0.393 e. The van der Waals surface area contributed by atoms with Crippen molar-refractivity contribution in [1.29, 1.82) is 0 Å². The number of nitro benzene ring substituents is 1. The molecule has 0 radical (unpaired) electrons. The van der Waals surface area contributed by atoms with Crippen molar-refractivity contribution in [1.82, 2.24) is 0 Å². The summed E-state index contributed by atoms with van der Waals surface area (Å²) < 4.78 is 0. The number of nitrogens with two attached hydrogens (primary N) is 1. The van der Waals surface area contributed by atoms with Crippen LogP contribution in [0.25, 0.3) is 0 Å². The molecule has 0 spiro atoms. The lowest BCUT2D eigenvalue weighted by Crippen LogP contribution is -2.28. The first kappa shape index (κ1) is 13.6. The molecule has 1 fully saturated rings. The van der Waals surface area contributed by atoms with E-state index in [2.05, 4.69) is 12.2 Å². The fourth-order valence-corrected chi connectivity index (χ4v) is 2.73. The van der Waals surface area contributed by atoms with Gasteiger partial charge < -0.3 is 11.1 Å². The van der Waals surface area contributed by atoms with Crippen molar-refractivity contribution in [3.8, 4) is 0 Å². The van der Waals surface area contributed by atoms with Gasteiger partial charge in [0.25, 0.3) is 5.69 Å². The molecule has 5 nitrogen and oxygen atoms in total. The van der Waals surface area contributed by atoms with Crippen LogP contribution in [0.4, 0.5) is 17.1 Å². The first-order valence-electron chi connectivity index (χ1n) is 6.78. The number of hydrogen-bond donors (Lipinski definition) is 2. The SMILES string of the molecule is CC1(CNc2ccc([N+](=O)[O-])c(N)c2)CCCCC1. The molecule has 1 saturated carbocycles. The van der Waals surface area contributed by atoms with Gasteiger partial charge in [-0.15, -0.1) is 0 Å². The van der Waals surface area contributed by atoms with Gasteiger partial charge in [0.15, 0.2) is 0 Å². The van der Waals surface area contributed by atoms with Gasteiger partial charge in [0.2, 0.25) is 0 Å². The molecular formula is C14H21N3O2. The van der Waals surface area contributed by atoms with Crippen LogP contribution in [0.3, 0.4) is 0 Å². The molecule has 1 aromatic carbocycles. The third-order valence-corrected chi connectivity index (χ3v) is 4.00. The zero-order valence-corrected chi connectivity index (χ0v) is 11.3. The molecule has 0 saturated heterocycles. The van der Waals surface area contributed by atoms with Crippen LogP contribution in [-0.2, 0) is 0 Å². The van der Waals surface area contributed by atoms with Crippen LogP contribution < -0.4 is 11.1 Å². The van der Waals surface area contributed by atoms with Crippen molar-refractivity contribution in [2.45, 2.75) is 39.0 Å². The number of nitro groups is 1. The van der Waals surface area contributed by atoms with Crippen molar-refractivity contribution in [2.75, 3.05) is 17.6 Å². The molecule has 0 aromatic heterocycles. The maximum Gasteiger partial charge on any atom is 0.292 e. The van der Waals surface area contributed by atoms with Gasteiger partial charge in [0.1, 0.15) is 5.69 Å². The van der Waals surface area contributed by atoms with Gasteiger partial charge in [0.05, 0.1) is 4.92 Å². The highest BCUT2D eigenvalue weighted by molar-refractivity contribution is 5.65. The highest BCUT2D eigenvalue weighted by Crippen LogP contribution is 2.36. The number of benzene rings is 1. The summed E-state index contributed by atoms with van der Waals surface area (Å²) in [6.07, 6.45) is 6.39. The zero-order chi connectivity index (χ0) is 13.9. The number of hydrogen-bond acceptors (Lipinski definition) is 4. The number of anilines is 2. The lowest BCUT2D eigenvalue weighted by atomic mass is 9.76. The summed E-state index contributed by atoms with van der Waals surface area (Å²) in [7, 11) is 0. The van der Waals surface area contributed by atoms with Gasteiger partial charge in [-0.2, -0.15) is 0 Å². The first-order valence-corrected chi connectivity index (χ1v) is 6.78. The van der Waals surface area contributed by atoms with E-state index in [1.807, 2.05) is 0 Å². The number of nitrogen functional groups attached to an aromatic ring is 1. The van der Waals surface area contributed by atoms with Crippen molar-refractivity contribution in [2.24, 2.45) is 5.41 Å². The average Bonchev–Trinajstić information content (AvgIpc) is 2.37. The van der Waals surface area contributed by atoms with E-state index >= 15 is 0 Å². The summed E-state index contributed by atoms with van der Waals surface area (Å²) >= 11 is 0. The van der Waals surface area contributed by atoms with Gasteiger partial charge in [0, 0.05) is 18.3 Å². The third kappa shape index (κ3) is 3.36. The van der Waals surface area contributed by atoms with Crippen molar-refractivity contribution in [3.63, 3.8) is 0 Å². The van der Waals surface area contributed by atoms with E-state index in [1.54, 1.807) is 12.1 Å². The molecular weight excluding hydrogens is 242 g/mol. The second-order valence-corrected chi connectivity index (χ2v) is 5.76. The van der Waals surface area contributed by atoms with E-state index in [9.17, 15) is 10.1 Å². The molecule has 104 valence electrons. The first-order chi connectivity index (χ1) is 9.00. The Morgan fingerprint density at radius 3 is 2.63 bits per heavy atom. The molecule has 0 heterocycles. The minimum absolute atomic E-state index is 0.0329. The Balaban J connectivity index is 2.00. The maximum atomic E-state index is 10.7. The Morgan fingerprint density at radius 1 is 1.37 bits per heavy atom. The van der Waals surface area contributed by atoms with Crippen LogP contribution in [0.5, 0.6) is 0 Å². The quantitative estimate of drug-likeness (QED) is 0.494. The van der Waals surface area contributed by atoms with Crippen molar-refractivity contribution >= 4 is 17.1 Å². The van der Waals surface area contributed by atoms with Crippen molar-refractivity contribution in [3.05, 3.63) is 28.3 Å². The highest BCUT2D eigenvalue weighted by Gasteiger charge is 2.26. The molecule has 0 amide bonds. The summed E-state index contributed by atoms with van der Waals surface area (Å²) in [5, 5.41) is 14.1. The monoisotopic (exact) mass is 263 g/mol. The lowest BCUT2D eigenvalue weighted by Gasteiger charge is -2.34. The number of nitrogens with zero attached hydrogens (tertiary/aromatic N) is 1. The second kappa shape index (κ2) is 5.47. The molecule has 0 bridgehead atoms. The Labute approximate surface area is 113 Å². The molecule has 1 aliphatic rings. The third-order valence-electron chi connectivity index (χ3n) is 4.00. The largest absolute Gasteiger partial charge is 0.393 e. The van der Waals surface area contributed by atoms with E-state index in [-0.39, 0.29) is 11.4 Å². The Bertz CT molecular complexity index is 468. The van der Waals surface area contributed by atoms with Crippen LogP contribution in [0.15, 0.2) is 18.2 Å². The van der Waals surface area contributed by atoms with Gasteiger partial charge in [-0.3, -0.25) is 10.1 Å². The lowest BCUT2D eigenvalue weighted by molar-refractivity contribution is -0.383. The summed E-state index contributed by atoms with van der Waals surface area (Å²) in [6.45, 7) is 3.19. The van der Waals surface area contributed by atoms with E-state index in [0.717, 1.165) is 12.2 Å². The molecule has 1 aromatic rings. The molecule has 19 heavy (non-hydrogen) atoms. The van der Waals surface area contributed by atoms with Crippen LogP contribution in [0, 0.1) is 15.5 Å². The molecule has 0 aliphatic heterocycles. The molecule has 0 atom stereocenters. The van der Waals surface area contributed by atoms with Crippen molar-refractivity contribution < 1.29 is 4.92 Å². The summed E-state index contributed by atoms with van der Waals surface area (Å²) in [5.41, 5.74) is 7.05. The molecule has 3 N–H and O–H groups in total. The predicted octanol–water partition coefficient (Wildman–Crippen LogP) is 3.56. The Kier molecular flexibility index (Phi) is 3.93. The van der Waals surface area contributed by atoms with Crippen LogP contribution >= 0.6 is 0 Å². The second-order valence-electron chi connectivity index (χ2n) is 5.76. The standard InChI is InChI=1S/C14H21N3O2/c1-14(7-3-2-4-8-14)10-16-11-5-6-13(17(18)19)12(15)9-11/h5-6,9,16H,2-4,7-8,10,15H2,1H3. The minimum atomic E-state index is -0.457. The topological polar surface area (TPSA) is 81.2 Å². The fraction of sp³-hybridized carbons (Fsp3) is 0.571. The maximum absolute atomic E-state index is 10.7. The number of nitrogens with one attached hydrogen (secondary N) is 1. The van der Waals surface area contributed by atoms with E-state index < -0.39 is 4.92 Å². The molecule has 1 aliphatic carbocycles. The van der Waals surface area contributed by atoms with E-state index in [0.29, 0.717) is 5.41 Å². The smallest absolute Gasteiger partial charge is 0.292 e. The van der Waals surface area contributed by atoms with Gasteiger partial charge in [-0.1, -0.05) is 26.2 Å². The van der Waals surface area contributed by atoms with Gasteiger partial charge in [-0.05, 0) is 30.4 Å². The number of rotatable bonds is 4. The highest BCUT2D eigenvalue weighted by atomic mass is 16.6. The Morgan fingerprint density at radius 2 is 2.05 bits per heavy atom. The zero-order valence-electron chi connectivity index (χ0n) is 11.3. The van der Waals surface area contributed by atoms with Gasteiger partial charge >= 0.3 is 0 Å². The van der Waals surface area contributed by atoms with Crippen LogP contribution in [0.1, 0.15) is 39.0 Å². The van der Waals surface area contributed by atoms with Gasteiger partial charge in [-0.25, -0.2) is 0 Å². The fourth-order valence-electron chi connectivity index (χ4n) is 2.73. The molecule has 5 heteroatoms. The average molecular weight is 263 g/mol. The molecule has 0 unspecified atom stereocenters. The normalized spacial score (nSPS) is 17.9. The van der Waals surface area contributed by atoms with E-state index in [1.165, 1.54) is 38.2 Å². The summed E-state index contributed by atoms with van der Waals surface area (Å²) in [6, 6.07) is 4.83. The molecule has 2 rings (SSSR count). The Hall–Kier alpha value is -1.78. The summed E-state index contributed by atoms with van der Waals surface area (Å²) in [4.78, 5) is 10.2. The predicted molar refractivity (Wildman–Crippen MR) is 77.2 cm³/mol.